The first-order valence-electron chi connectivity index (χ1n) is 11.6. The number of unbranched alkanes of at least 4 members (excludes halogenated alkanes) is 1. The van der Waals surface area contributed by atoms with Gasteiger partial charge in [0.1, 0.15) is 0 Å². The molecule has 1 saturated heterocycles. The third kappa shape index (κ3) is 6.03. The van der Waals surface area contributed by atoms with E-state index in [1.807, 2.05) is 72.8 Å². The van der Waals surface area contributed by atoms with E-state index in [1.54, 1.807) is 0 Å². The molecule has 178 valence electrons. The first-order chi connectivity index (χ1) is 16.5. The first kappa shape index (κ1) is 24.4. The zero-order valence-electron chi connectivity index (χ0n) is 19.0. The van der Waals surface area contributed by atoms with E-state index in [9.17, 15) is 9.90 Å². The Morgan fingerprint density at radius 1 is 0.853 bits per heavy atom. The maximum Gasteiger partial charge on any atom is 0.411 e. The van der Waals surface area contributed by atoms with Gasteiger partial charge in [-0.15, -0.1) is 0 Å². The van der Waals surface area contributed by atoms with Gasteiger partial charge in [0.25, 0.3) is 0 Å². The molecule has 0 unspecified atom stereocenters. The standard InChI is InChI=1S/C27H29Cl2N3O2/c28-24-12-7-13-25(26(24)29)31-18-16-30(17-19-31)14-4-5-15-32(27(33)34)23-11-6-10-22(20-23)21-8-2-1-3-9-21/h1-3,6-13,20H,4-5,14-19H2,(H,33,34). The molecule has 1 N–H and O–H groups in total. The summed E-state index contributed by atoms with van der Waals surface area (Å²) in [6.45, 7) is 5.12. The molecule has 0 radical (unpaired) electrons. The third-order valence-corrected chi connectivity index (χ3v) is 7.06. The number of hydrogen-bond donors (Lipinski definition) is 1. The van der Waals surface area contributed by atoms with Crippen molar-refractivity contribution in [1.29, 1.82) is 0 Å². The maximum absolute atomic E-state index is 12.0. The van der Waals surface area contributed by atoms with Gasteiger partial charge in [-0.2, -0.15) is 0 Å². The lowest BCUT2D eigenvalue weighted by atomic mass is 10.0. The molecule has 4 rings (SSSR count). The van der Waals surface area contributed by atoms with E-state index in [2.05, 4.69) is 9.80 Å². The van der Waals surface area contributed by atoms with Gasteiger partial charge in [0.05, 0.1) is 15.7 Å². The van der Waals surface area contributed by atoms with Crippen molar-refractivity contribution in [2.75, 3.05) is 49.1 Å². The Kier molecular flexibility index (Phi) is 8.33. The molecule has 0 bridgehead atoms. The molecule has 0 aromatic heterocycles. The van der Waals surface area contributed by atoms with Gasteiger partial charge >= 0.3 is 6.09 Å². The van der Waals surface area contributed by atoms with Crippen LogP contribution >= 0.6 is 23.2 Å². The first-order valence-corrected chi connectivity index (χ1v) is 12.4. The van der Waals surface area contributed by atoms with Crippen LogP contribution in [0.5, 0.6) is 0 Å². The Bertz CT molecular complexity index is 1100. The Morgan fingerprint density at radius 3 is 2.29 bits per heavy atom. The molecule has 1 amide bonds. The Labute approximate surface area is 211 Å². The van der Waals surface area contributed by atoms with Crippen molar-refractivity contribution in [3.8, 4) is 11.1 Å². The van der Waals surface area contributed by atoms with Gasteiger partial charge < -0.3 is 10.0 Å². The van der Waals surface area contributed by atoms with Crippen LogP contribution in [0.2, 0.25) is 10.0 Å². The second kappa shape index (κ2) is 11.6. The van der Waals surface area contributed by atoms with Crippen LogP contribution in [0.3, 0.4) is 0 Å². The largest absolute Gasteiger partial charge is 0.465 e. The number of amides is 1. The van der Waals surface area contributed by atoms with Gasteiger partial charge in [0.15, 0.2) is 0 Å². The quantitative estimate of drug-likeness (QED) is 0.349. The summed E-state index contributed by atoms with van der Waals surface area (Å²) in [7, 11) is 0. The molecule has 3 aromatic carbocycles. The molecule has 34 heavy (non-hydrogen) atoms. The van der Waals surface area contributed by atoms with Crippen LogP contribution in [-0.4, -0.2) is 55.4 Å². The lowest BCUT2D eigenvalue weighted by Crippen LogP contribution is -2.46. The predicted molar refractivity (Wildman–Crippen MR) is 142 cm³/mol. The van der Waals surface area contributed by atoms with Crippen LogP contribution in [-0.2, 0) is 0 Å². The summed E-state index contributed by atoms with van der Waals surface area (Å²) >= 11 is 12.5. The number of hydrogen-bond acceptors (Lipinski definition) is 3. The third-order valence-electron chi connectivity index (χ3n) is 6.25. The molecule has 0 atom stereocenters. The van der Waals surface area contributed by atoms with Crippen LogP contribution < -0.4 is 9.80 Å². The normalized spacial score (nSPS) is 14.2. The van der Waals surface area contributed by atoms with Crippen molar-refractivity contribution in [3.05, 3.63) is 82.8 Å². The zero-order valence-corrected chi connectivity index (χ0v) is 20.5. The monoisotopic (exact) mass is 497 g/mol. The minimum absolute atomic E-state index is 0.478. The van der Waals surface area contributed by atoms with Crippen LogP contribution in [0, 0.1) is 0 Å². The number of anilines is 2. The average molecular weight is 498 g/mol. The SMILES string of the molecule is O=C(O)N(CCCCN1CCN(c2cccc(Cl)c2Cl)CC1)c1cccc(-c2ccccc2)c1. The van der Waals surface area contributed by atoms with Crippen molar-refractivity contribution < 1.29 is 9.90 Å². The molecule has 5 nitrogen and oxygen atoms in total. The maximum atomic E-state index is 12.0. The molecule has 1 aliphatic heterocycles. The van der Waals surface area contributed by atoms with E-state index in [0.29, 0.717) is 22.3 Å². The lowest BCUT2D eigenvalue weighted by Gasteiger charge is -2.36. The topological polar surface area (TPSA) is 47.0 Å². The van der Waals surface area contributed by atoms with Crippen molar-refractivity contribution in [3.63, 3.8) is 0 Å². The highest BCUT2D eigenvalue weighted by molar-refractivity contribution is 6.43. The molecule has 0 spiro atoms. The summed E-state index contributed by atoms with van der Waals surface area (Å²) in [6, 6.07) is 23.5. The number of piperazine rings is 1. The summed E-state index contributed by atoms with van der Waals surface area (Å²) in [5.41, 5.74) is 3.79. The Balaban J connectivity index is 1.27. The van der Waals surface area contributed by atoms with E-state index in [0.717, 1.165) is 62.4 Å². The van der Waals surface area contributed by atoms with Crippen LogP contribution in [0.1, 0.15) is 12.8 Å². The minimum Gasteiger partial charge on any atom is -0.465 e. The molecule has 0 saturated carbocycles. The van der Waals surface area contributed by atoms with Gasteiger partial charge in [0.2, 0.25) is 0 Å². The summed E-state index contributed by atoms with van der Waals surface area (Å²) in [5, 5.41) is 11.0. The Hall–Kier alpha value is -2.73. The van der Waals surface area contributed by atoms with E-state index < -0.39 is 6.09 Å². The Morgan fingerprint density at radius 2 is 1.56 bits per heavy atom. The molecule has 7 heteroatoms. The fourth-order valence-electron chi connectivity index (χ4n) is 4.37. The average Bonchev–Trinajstić information content (AvgIpc) is 2.86. The summed E-state index contributed by atoms with van der Waals surface area (Å²) in [6.07, 6.45) is 0.833. The second-order valence-corrected chi connectivity index (χ2v) is 9.24. The summed E-state index contributed by atoms with van der Waals surface area (Å²) < 4.78 is 0. The van der Waals surface area contributed by atoms with E-state index in [4.69, 9.17) is 23.2 Å². The predicted octanol–water partition coefficient (Wildman–Crippen LogP) is 6.75. The van der Waals surface area contributed by atoms with E-state index >= 15 is 0 Å². The number of rotatable bonds is 8. The number of benzene rings is 3. The number of halogens is 2. The van der Waals surface area contributed by atoms with Crippen LogP contribution in [0.25, 0.3) is 11.1 Å². The van der Waals surface area contributed by atoms with Crippen LogP contribution in [0.15, 0.2) is 72.8 Å². The summed E-state index contributed by atoms with van der Waals surface area (Å²) in [5.74, 6) is 0. The highest BCUT2D eigenvalue weighted by Gasteiger charge is 2.20. The number of carbonyl (C=O) groups is 1. The number of carboxylic acid groups (broad SMARTS) is 1. The highest BCUT2D eigenvalue weighted by Crippen LogP contribution is 2.33. The lowest BCUT2D eigenvalue weighted by molar-refractivity contribution is 0.201. The molecule has 1 aliphatic rings. The van der Waals surface area contributed by atoms with Gasteiger partial charge in [-0.25, -0.2) is 4.79 Å². The van der Waals surface area contributed by atoms with Gasteiger partial charge in [-0.3, -0.25) is 9.80 Å². The second-order valence-electron chi connectivity index (χ2n) is 8.46. The molecule has 1 fully saturated rings. The van der Waals surface area contributed by atoms with Crippen molar-refractivity contribution >= 4 is 40.7 Å². The summed E-state index contributed by atoms with van der Waals surface area (Å²) in [4.78, 5) is 18.1. The molecular formula is C27H29Cl2N3O2. The van der Waals surface area contributed by atoms with Gasteiger partial charge in [-0.1, -0.05) is 71.7 Å². The van der Waals surface area contributed by atoms with Crippen molar-refractivity contribution in [2.45, 2.75) is 12.8 Å². The van der Waals surface area contributed by atoms with Crippen LogP contribution in [0.4, 0.5) is 16.2 Å². The van der Waals surface area contributed by atoms with Gasteiger partial charge in [-0.05, 0) is 54.8 Å². The van der Waals surface area contributed by atoms with Crippen molar-refractivity contribution in [1.82, 2.24) is 4.90 Å². The minimum atomic E-state index is -0.919. The fourth-order valence-corrected chi connectivity index (χ4v) is 4.79. The van der Waals surface area contributed by atoms with Crippen molar-refractivity contribution in [2.24, 2.45) is 0 Å². The highest BCUT2D eigenvalue weighted by atomic mass is 35.5. The molecule has 1 heterocycles. The smallest absolute Gasteiger partial charge is 0.411 e. The molecule has 0 aliphatic carbocycles. The number of nitrogens with zero attached hydrogens (tertiary/aromatic N) is 3. The molecule has 3 aromatic rings. The van der Waals surface area contributed by atoms with E-state index in [-0.39, 0.29) is 0 Å². The fraction of sp³-hybridized carbons (Fsp3) is 0.296. The molecular weight excluding hydrogens is 469 g/mol. The van der Waals surface area contributed by atoms with E-state index in [1.165, 1.54) is 4.90 Å². The van der Waals surface area contributed by atoms with Gasteiger partial charge in [0, 0.05) is 38.4 Å². The zero-order chi connectivity index (χ0) is 23.9.